The number of anilines is 2. The molecule has 1 fully saturated rings. The molecule has 4 rings (SSSR count). The fraction of sp³-hybridized carbons (Fsp3) is 0.0800. The number of amides is 2. The van der Waals surface area contributed by atoms with Crippen molar-refractivity contribution >= 4 is 69.2 Å². The minimum absolute atomic E-state index is 0.176. The zero-order valence-electron chi connectivity index (χ0n) is 18.0. The molecule has 0 atom stereocenters. The van der Waals surface area contributed by atoms with E-state index in [0.717, 1.165) is 5.56 Å². The summed E-state index contributed by atoms with van der Waals surface area (Å²) in [5, 5.41) is 3.34. The zero-order chi connectivity index (χ0) is 24.1. The number of methoxy groups -OCH3 is 1. The molecule has 0 bridgehead atoms. The third kappa shape index (κ3) is 5.59. The molecule has 1 heterocycles. The second-order valence-corrected chi connectivity index (χ2v) is 9.22. The first-order valence-electron chi connectivity index (χ1n) is 10.1. The molecule has 34 heavy (non-hydrogen) atoms. The molecule has 0 radical (unpaired) electrons. The molecule has 1 aliphatic rings. The standard InChI is InChI=1S/C25H19ClN2O4S2/c1-31-21-13-16(7-12-20(21)32-15-23(29)27-18-5-3-2-4-6-18)14-22-24(30)28(25(33)34-22)19-10-8-17(26)9-11-19/h2-14H,15H2,1H3,(H,27,29)/b22-14-. The SMILES string of the molecule is COc1cc(/C=C2\SC(=S)N(c3ccc(Cl)cc3)C2=O)ccc1OCC(=O)Nc1ccccc1. The second kappa shape index (κ2) is 10.7. The van der Waals surface area contributed by atoms with E-state index in [9.17, 15) is 9.59 Å². The maximum absolute atomic E-state index is 13.0. The first-order chi connectivity index (χ1) is 16.4. The Labute approximate surface area is 211 Å². The number of benzene rings is 3. The Balaban J connectivity index is 1.45. The van der Waals surface area contributed by atoms with Crippen LogP contribution in [0.2, 0.25) is 5.02 Å². The van der Waals surface area contributed by atoms with Crippen LogP contribution in [-0.2, 0) is 9.59 Å². The van der Waals surface area contributed by atoms with Crippen LogP contribution in [0, 0.1) is 0 Å². The molecule has 0 aliphatic carbocycles. The number of rotatable bonds is 7. The van der Waals surface area contributed by atoms with Crippen molar-refractivity contribution in [3.8, 4) is 11.5 Å². The lowest BCUT2D eigenvalue weighted by Crippen LogP contribution is -2.27. The quantitative estimate of drug-likeness (QED) is 0.321. The van der Waals surface area contributed by atoms with Crippen molar-refractivity contribution in [1.82, 2.24) is 0 Å². The van der Waals surface area contributed by atoms with Crippen LogP contribution in [0.1, 0.15) is 5.56 Å². The van der Waals surface area contributed by atoms with Crippen molar-refractivity contribution in [2.75, 3.05) is 23.9 Å². The van der Waals surface area contributed by atoms with E-state index >= 15 is 0 Å². The average molecular weight is 511 g/mol. The van der Waals surface area contributed by atoms with Gasteiger partial charge < -0.3 is 14.8 Å². The average Bonchev–Trinajstić information content (AvgIpc) is 3.12. The molecule has 3 aromatic carbocycles. The highest BCUT2D eigenvalue weighted by molar-refractivity contribution is 8.27. The Morgan fingerprint density at radius 2 is 1.82 bits per heavy atom. The highest BCUT2D eigenvalue weighted by atomic mass is 35.5. The molecule has 9 heteroatoms. The van der Waals surface area contributed by atoms with E-state index in [4.69, 9.17) is 33.3 Å². The van der Waals surface area contributed by atoms with Gasteiger partial charge in [-0.2, -0.15) is 0 Å². The lowest BCUT2D eigenvalue weighted by Gasteiger charge is -2.14. The Kier molecular flexibility index (Phi) is 7.52. The van der Waals surface area contributed by atoms with Crippen LogP contribution in [0.25, 0.3) is 6.08 Å². The number of hydrogen-bond donors (Lipinski definition) is 1. The van der Waals surface area contributed by atoms with Gasteiger partial charge in [-0.25, -0.2) is 0 Å². The van der Waals surface area contributed by atoms with Gasteiger partial charge in [-0.3, -0.25) is 14.5 Å². The monoisotopic (exact) mass is 510 g/mol. The van der Waals surface area contributed by atoms with E-state index in [1.165, 1.54) is 23.8 Å². The number of ether oxygens (including phenoxy) is 2. The van der Waals surface area contributed by atoms with Crippen LogP contribution in [0.5, 0.6) is 11.5 Å². The molecule has 0 aromatic heterocycles. The van der Waals surface area contributed by atoms with E-state index in [1.54, 1.807) is 60.7 Å². The summed E-state index contributed by atoms with van der Waals surface area (Å²) in [5.41, 5.74) is 2.08. The molecule has 1 aliphatic heterocycles. The Hall–Kier alpha value is -3.33. The minimum Gasteiger partial charge on any atom is -0.493 e. The van der Waals surface area contributed by atoms with E-state index in [1.807, 2.05) is 18.2 Å². The number of nitrogens with zero attached hydrogens (tertiary/aromatic N) is 1. The predicted molar refractivity (Wildman–Crippen MR) is 141 cm³/mol. The number of nitrogens with one attached hydrogen (secondary N) is 1. The molecule has 2 amide bonds. The van der Waals surface area contributed by atoms with Crippen molar-refractivity contribution in [3.63, 3.8) is 0 Å². The summed E-state index contributed by atoms with van der Waals surface area (Å²) in [5.74, 6) is 0.350. The largest absolute Gasteiger partial charge is 0.493 e. The summed E-state index contributed by atoms with van der Waals surface area (Å²) in [6, 6.07) is 21.3. The van der Waals surface area contributed by atoms with Gasteiger partial charge in [-0.05, 0) is 60.2 Å². The van der Waals surface area contributed by atoms with Gasteiger partial charge in [0.25, 0.3) is 11.8 Å². The summed E-state index contributed by atoms with van der Waals surface area (Å²) in [7, 11) is 1.51. The number of carbonyl (C=O) groups is 2. The number of halogens is 1. The maximum atomic E-state index is 13.0. The summed E-state index contributed by atoms with van der Waals surface area (Å²) in [6.45, 7) is -0.176. The van der Waals surface area contributed by atoms with Gasteiger partial charge in [0.05, 0.1) is 17.7 Å². The summed E-state index contributed by atoms with van der Waals surface area (Å²) in [4.78, 5) is 27.1. The highest BCUT2D eigenvalue weighted by Gasteiger charge is 2.33. The molecule has 1 saturated heterocycles. The number of para-hydroxylation sites is 1. The second-order valence-electron chi connectivity index (χ2n) is 7.11. The third-order valence-electron chi connectivity index (χ3n) is 4.78. The molecule has 0 spiro atoms. The molecule has 6 nitrogen and oxygen atoms in total. The van der Waals surface area contributed by atoms with Crippen molar-refractivity contribution in [1.29, 1.82) is 0 Å². The van der Waals surface area contributed by atoms with Crippen molar-refractivity contribution < 1.29 is 19.1 Å². The summed E-state index contributed by atoms with van der Waals surface area (Å²) in [6.07, 6.45) is 1.74. The van der Waals surface area contributed by atoms with E-state index in [-0.39, 0.29) is 18.4 Å². The van der Waals surface area contributed by atoms with Crippen LogP contribution >= 0.6 is 35.6 Å². The topological polar surface area (TPSA) is 67.9 Å². The number of hydrogen-bond acceptors (Lipinski definition) is 6. The molecule has 0 unspecified atom stereocenters. The third-order valence-corrected chi connectivity index (χ3v) is 6.33. The number of thiocarbonyl (C=S) groups is 1. The Bertz CT molecular complexity index is 1260. The van der Waals surface area contributed by atoms with Crippen LogP contribution in [0.4, 0.5) is 11.4 Å². The van der Waals surface area contributed by atoms with E-state index in [0.29, 0.717) is 37.1 Å². The van der Waals surface area contributed by atoms with Gasteiger partial charge >= 0.3 is 0 Å². The number of thioether (sulfide) groups is 1. The number of carbonyl (C=O) groups excluding carboxylic acids is 2. The van der Waals surface area contributed by atoms with Crippen LogP contribution in [0.15, 0.2) is 77.7 Å². The van der Waals surface area contributed by atoms with E-state index < -0.39 is 0 Å². The smallest absolute Gasteiger partial charge is 0.270 e. The molecule has 3 aromatic rings. The molecule has 0 saturated carbocycles. The lowest BCUT2D eigenvalue weighted by molar-refractivity contribution is -0.118. The first-order valence-corrected chi connectivity index (χ1v) is 11.7. The van der Waals surface area contributed by atoms with E-state index in [2.05, 4.69) is 5.32 Å². The minimum atomic E-state index is -0.289. The lowest BCUT2D eigenvalue weighted by atomic mass is 10.2. The van der Waals surface area contributed by atoms with Crippen molar-refractivity contribution in [2.24, 2.45) is 0 Å². The predicted octanol–water partition coefficient (Wildman–Crippen LogP) is 5.77. The van der Waals surface area contributed by atoms with Gasteiger partial charge in [-0.1, -0.05) is 59.8 Å². The van der Waals surface area contributed by atoms with Crippen LogP contribution < -0.4 is 19.7 Å². The van der Waals surface area contributed by atoms with Crippen LogP contribution in [0.3, 0.4) is 0 Å². The molecular formula is C25H19ClN2O4S2. The summed E-state index contributed by atoms with van der Waals surface area (Å²) < 4.78 is 11.5. The Morgan fingerprint density at radius 3 is 2.53 bits per heavy atom. The first kappa shape index (κ1) is 23.8. The van der Waals surface area contributed by atoms with Crippen LogP contribution in [-0.4, -0.2) is 29.9 Å². The van der Waals surface area contributed by atoms with Crippen molar-refractivity contribution in [2.45, 2.75) is 0 Å². The van der Waals surface area contributed by atoms with Gasteiger partial charge in [0.2, 0.25) is 0 Å². The van der Waals surface area contributed by atoms with Crippen molar-refractivity contribution in [3.05, 3.63) is 88.3 Å². The normalized spacial score (nSPS) is 14.4. The fourth-order valence-electron chi connectivity index (χ4n) is 3.19. The van der Waals surface area contributed by atoms with Gasteiger partial charge in [0.15, 0.2) is 22.4 Å². The highest BCUT2D eigenvalue weighted by Crippen LogP contribution is 2.37. The van der Waals surface area contributed by atoms with Gasteiger partial charge in [0.1, 0.15) is 0 Å². The Morgan fingerprint density at radius 1 is 1.09 bits per heavy atom. The summed E-state index contributed by atoms with van der Waals surface area (Å²) >= 11 is 12.6. The molecule has 1 N–H and O–H groups in total. The zero-order valence-corrected chi connectivity index (χ0v) is 20.4. The molecular weight excluding hydrogens is 492 g/mol. The maximum Gasteiger partial charge on any atom is 0.270 e. The van der Waals surface area contributed by atoms with Gasteiger partial charge in [0, 0.05) is 10.7 Å². The molecule has 172 valence electrons. The fourth-order valence-corrected chi connectivity index (χ4v) is 4.61. The van der Waals surface area contributed by atoms with Gasteiger partial charge in [-0.15, -0.1) is 0 Å².